The third-order valence-corrected chi connectivity index (χ3v) is 15.2. The molecule has 2 aromatic heterocycles. The first-order chi connectivity index (χ1) is 19.8. The number of nitrogens with zero attached hydrogens (tertiary/aromatic N) is 4. The van der Waals surface area contributed by atoms with Gasteiger partial charge >= 0.3 is 7.60 Å². The summed E-state index contributed by atoms with van der Waals surface area (Å²) < 4.78 is 25.0. The number of hydrogen-bond donors (Lipinski definition) is 2. The van der Waals surface area contributed by atoms with Crippen molar-refractivity contribution in [3.8, 4) is 0 Å². The van der Waals surface area contributed by atoms with Crippen molar-refractivity contribution in [1.82, 2.24) is 19.5 Å². The van der Waals surface area contributed by atoms with Crippen LogP contribution in [0.5, 0.6) is 0 Å². The summed E-state index contributed by atoms with van der Waals surface area (Å²) in [4.78, 5) is 22.5. The molecule has 1 unspecified atom stereocenters. The van der Waals surface area contributed by atoms with Gasteiger partial charge in [-0.05, 0) is 31.3 Å². The van der Waals surface area contributed by atoms with Crippen molar-refractivity contribution in [2.45, 2.75) is 128 Å². The van der Waals surface area contributed by atoms with E-state index in [1.807, 2.05) is 18.7 Å². The molecule has 0 radical (unpaired) electrons. The summed E-state index contributed by atoms with van der Waals surface area (Å²) in [5.41, 5.74) is 6.96. The number of nitrogen functional groups attached to an aromatic ring is 1. The minimum Gasteiger partial charge on any atom is -0.382 e. The Morgan fingerprint density at radius 2 is 1.63 bits per heavy atom. The van der Waals surface area contributed by atoms with Crippen LogP contribution in [-0.2, 0) is 20.4 Å². The van der Waals surface area contributed by atoms with Gasteiger partial charge in [0.2, 0.25) is 0 Å². The maximum absolute atomic E-state index is 12.3. The summed E-state index contributed by atoms with van der Waals surface area (Å²) >= 11 is 1.91. The lowest BCUT2D eigenvalue weighted by atomic mass is 10.1. The van der Waals surface area contributed by atoms with Gasteiger partial charge in [-0.1, -0.05) is 95.3 Å². The van der Waals surface area contributed by atoms with Crippen molar-refractivity contribution in [2.75, 3.05) is 30.2 Å². The smallest absolute Gasteiger partial charge is 0.353 e. The van der Waals surface area contributed by atoms with E-state index in [0.29, 0.717) is 23.5 Å². The zero-order valence-corrected chi connectivity index (χ0v) is 28.2. The summed E-state index contributed by atoms with van der Waals surface area (Å²) in [7, 11) is -4.46. The zero-order valence-electron chi connectivity index (χ0n) is 25.5. The van der Waals surface area contributed by atoms with E-state index in [0.717, 1.165) is 17.9 Å². The number of imidazole rings is 1. The monoisotopic (exact) mass is 627 g/mol. The molecule has 1 aliphatic heterocycles. The Morgan fingerprint density at radius 3 is 2.29 bits per heavy atom. The summed E-state index contributed by atoms with van der Waals surface area (Å²) in [6.07, 6.45) is 20.0. The molecule has 1 aliphatic rings. The van der Waals surface area contributed by atoms with Crippen molar-refractivity contribution in [3.05, 3.63) is 12.7 Å². The lowest BCUT2D eigenvalue weighted by Crippen LogP contribution is -2.37. The number of hydrogen-bond acceptors (Lipinski definition) is 8. The van der Waals surface area contributed by atoms with E-state index < -0.39 is 15.7 Å². The standard InChI is InChI=1S/C29H54N5O4PSSi/c1-26(22-34-24-33-27-28(30)31-23-32-29(27)34)37-25-39(35,36)38-16-14-18-40-17-12-10-8-6-4-3-5-7-9-11-13-19-41(2)20-15-21-41/h23-24,26H,3-22,25H2,1-2H3,(H,35,36)(H2,30,31,32)/t26-/m1/s1. The number of rotatable bonds is 24. The van der Waals surface area contributed by atoms with Crippen molar-refractivity contribution in [2.24, 2.45) is 0 Å². The molecule has 0 aromatic carbocycles. The summed E-state index contributed by atoms with van der Waals surface area (Å²) in [5.74, 6) is 2.41. The van der Waals surface area contributed by atoms with E-state index >= 15 is 0 Å². The average molecular weight is 628 g/mol. The number of anilines is 1. The molecule has 3 rings (SSSR count). The predicted molar refractivity (Wildman–Crippen MR) is 174 cm³/mol. The van der Waals surface area contributed by atoms with Gasteiger partial charge < -0.3 is 24.5 Å². The molecule has 0 aliphatic carbocycles. The van der Waals surface area contributed by atoms with Crippen LogP contribution in [0.2, 0.25) is 24.7 Å². The Kier molecular flexibility index (Phi) is 15.7. The van der Waals surface area contributed by atoms with Crippen LogP contribution in [0.4, 0.5) is 5.82 Å². The van der Waals surface area contributed by atoms with Gasteiger partial charge in [0, 0.05) is 0 Å². The lowest BCUT2D eigenvalue weighted by molar-refractivity contribution is 0.0718. The fourth-order valence-electron chi connectivity index (χ4n) is 5.47. The van der Waals surface area contributed by atoms with E-state index in [2.05, 4.69) is 21.5 Å². The molecule has 3 heterocycles. The van der Waals surface area contributed by atoms with Crippen molar-refractivity contribution in [3.63, 3.8) is 0 Å². The molecular weight excluding hydrogens is 573 g/mol. The Morgan fingerprint density at radius 1 is 1.00 bits per heavy atom. The van der Waals surface area contributed by atoms with Gasteiger partial charge in [-0.2, -0.15) is 11.8 Å². The van der Waals surface area contributed by atoms with Crippen LogP contribution in [0.25, 0.3) is 11.2 Å². The second-order valence-electron chi connectivity index (χ2n) is 12.2. The van der Waals surface area contributed by atoms with Gasteiger partial charge in [-0.15, -0.1) is 0 Å². The fraction of sp³-hybridized carbons (Fsp3) is 0.828. The normalized spacial score (nSPS) is 17.0. The largest absolute Gasteiger partial charge is 0.382 e. The highest BCUT2D eigenvalue weighted by atomic mass is 32.2. The Balaban J connectivity index is 1.07. The van der Waals surface area contributed by atoms with Gasteiger partial charge in [0.1, 0.15) is 18.2 Å². The number of thioether (sulfide) groups is 1. The highest BCUT2D eigenvalue weighted by Gasteiger charge is 2.32. The molecule has 234 valence electrons. The van der Waals surface area contributed by atoms with Gasteiger partial charge in [0.25, 0.3) is 0 Å². The quantitative estimate of drug-likeness (QED) is 0.0679. The molecule has 0 bridgehead atoms. The molecule has 2 aromatic rings. The van der Waals surface area contributed by atoms with Crippen LogP contribution in [0.15, 0.2) is 12.7 Å². The van der Waals surface area contributed by atoms with Gasteiger partial charge in [0.05, 0.1) is 33.7 Å². The summed E-state index contributed by atoms with van der Waals surface area (Å²) in [6, 6.07) is 4.81. The van der Waals surface area contributed by atoms with Crippen LogP contribution in [0.3, 0.4) is 0 Å². The van der Waals surface area contributed by atoms with Crippen LogP contribution in [0, 0.1) is 0 Å². The molecular formula is C29H54N5O4PSSi. The third-order valence-electron chi connectivity index (χ3n) is 8.26. The zero-order chi connectivity index (χ0) is 29.4. The Bertz CT molecular complexity index is 1060. The average Bonchev–Trinajstić information content (AvgIpc) is 3.34. The predicted octanol–water partition coefficient (Wildman–Crippen LogP) is 7.87. The number of unbranched alkanes of at least 4 members (excludes halogenated alkanes) is 10. The second kappa shape index (κ2) is 18.6. The third kappa shape index (κ3) is 13.5. The van der Waals surface area contributed by atoms with E-state index in [1.54, 1.807) is 29.0 Å². The summed E-state index contributed by atoms with van der Waals surface area (Å²) in [6.45, 7) is 5.13. The van der Waals surface area contributed by atoms with Crippen LogP contribution in [-0.4, -0.2) is 63.1 Å². The Hall–Kier alpha value is -0.973. The molecule has 0 spiro atoms. The molecule has 3 N–H and O–H groups in total. The highest BCUT2D eigenvalue weighted by Crippen LogP contribution is 2.42. The fourth-order valence-corrected chi connectivity index (χ4v) is 10.5. The maximum Gasteiger partial charge on any atom is 0.353 e. The molecule has 1 saturated heterocycles. The first kappa shape index (κ1) is 34.5. The summed E-state index contributed by atoms with van der Waals surface area (Å²) in [5, 5.41) is 0. The first-order valence-electron chi connectivity index (χ1n) is 15.9. The molecule has 12 heteroatoms. The molecule has 2 atom stereocenters. The molecule has 0 saturated carbocycles. The van der Waals surface area contributed by atoms with Crippen molar-refractivity contribution >= 4 is 44.4 Å². The van der Waals surface area contributed by atoms with Crippen LogP contribution < -0.4 is 5.73 Å². The van der Waals surface area contributed by atoms with Gasteiger partial charge in [-0.25, -0.2) is 15.0 Å². The first-order valence-corrected chi connectivity index (χ1v) is 21.9. The maximum atomic E-state index is 12.3. The van der Waals surface area contributed by atoms with Gasteiger partial charge in [0.15, 0.2) is 11.5 Å². The minimum atomic E-state index is -3.79. The highest BCUT2D eigenvalue weighted by molar-refractivity contribution is 7.99. The second-order valence-corrected chi connectivity index (χ2v) is 20.3. The van der Waals surface area contributed by atoms with E-state index in [-0.39, 0.29) is 19.1 Å². The van der Waals surface area contributed by atoms with Crippen molar-refractivity contribution in [1.29, 1.82) is 0 Å². The topological polar surface area (TPSA) is 125 Å². The van der Waals surface area contributed by atoms with Crippen LogP contribution >= 0.6 is 19.4 Å². The molecule has 9 nitrogen and oxygen atoms in total. The van der Waals surface area contributed by atoms with Crippen molar-refractivity contribution < 1.29 is 18.7 Å². The van der Waals surface area contributed by atoms with E-state index in [1.165, 1.54) is 83.4 Å². The van der Waals surface area contributed by atoms with E-state index in [4.69, 9.17) is 15.0 Å². The number of fused-ring (bicyclic) bond motifs is 1. The molecule has 1 fully saturated rings. The van der Waals surface area contributed by atoms with Gasteiger partial charge in [-0.3, -0.25) is 4.57 Å². The Labute approximate surface area is 252 Å². The SMILES string of the molecule is C[C@H](Cn1cnc2c(N)ncnc21)OCP(=O)(O)OCCCSCCCCCCCCCCCCC[Si]1(C)CCC1. The molecule has 41 heavy (non-hydrogen) atoms. The van der Waals surface area contributed by atoms with E-state index in [9.17, 15) is 9.46 Å². The lowest BCUT2D eigenvalue weighted by Gasteiger charge is -2.36. The molecule has 0 amide bonds. The number of ether oxygens (including phenoxy) is 1. The van der Waals surface area contributed by atoms with Crippen LogP contribution in [0.1, 0.15) is 90.4 Å². The minimum absolute atomic E-state index is 0.266. The number of nitrogens with two attached hydrogens (primary N) is 1. The number of aromatic nitrogens is 4.